The number of aromatic nitrogens is 1. The molecule has 224 valence electrons. The molecule has 0 atom stereocenters. The van der Waals surface area contributed by atoms with Crippen molar-refractivity contribution in [2.75, 3.05) is 7.11 Å². The van der Waals surface area contributed by atoms with Crippen LogP contribution in [0.1, 0.15) is 32.0 Å². The summed E-state index contributed by atoms with van der Waals surface area (Å²) in [4.78, 5) is 28.9. The smallest absolute Gasteiger partial charge is 0.416 e. The van der Waals surface area contributed by atoms with Gasteiger partial charge < -0.3 is 14.5 Å². The van der Waals surface area contributed by atoms with Crippen molar-refractivity contribution in [3.05, 3.63) is 116 Å². The van der Waals surface area contributed by atoms with E-state index in [1.54, 1.807) is 30.3 Å². The molecule has 0 aliphatic rings. The van der Waals surface area contributed by atoms with Gasteiger partial charge in [-0.3, -0.25) is 4.79 Å². The van der Waals surface area contributed by atoms with Crippen LogP contribution in [0.2, 0.25) is 10.0 Å². The maximum Gasteiger partial charge on any atom is 0.416 e. The number of alkyl halides is 3. The molecular formula is C31H19BrCl2F3N3O4. The highest BCUT2D eigenvalue weighted by atomic mass is 79.9. The Morgan fingerprint density at radius 2 is 1.73 bits per heavy atom. The molecule has 1 aromatic heterocycles. The summed E-state index contributed by atoms with van der Waals surface area (Å²) in [5.41, 5.74) is 3.55. The zero-order valence-corrected chi connectivity index (χ0v) is 25.5. The van der Waals surface area contributed by atoms with E-state index in [2.05, 4.69) is 31.4 Å². The van der Waals surface area contributed by atoms with Crippen molar-refractivity contribution in [3.8, 4) is 22.6 Å². The van der Waals surface area contributed by atoms with Crippen molar-refractivity contribution in [2.45, 2.75) is 6.18 Å². The molecule has 44 heavy (non-hydrogen) atoms. The van der Waals surface area contributed by atoms with Crippen LogP contribution in [-0.4, -0.2) is 30.2 Å². The molecule has 0 saturated heterocycles. The van der Waals surface area contributed by atoms with Gasteiger partial charge >= 0.3 is 12.1 Å². The molecule has 1 heterocycles. The number of amides is 1. The highest BCUT2D eigenvalue weighted by Crippen LogP contribution is 2.40. The number of H-pyrrole nitrogens is 1. The molecule has 0 saturated carbocycles. The maximum atomic E-state index is 13.3. The lowest BCUT2D eigenvalue weighted by Gasteiger charge is -2.11. The lowest BCUT2D eigenvalue weighted by molar-refractivity contribution is -0.137. The number of esters is 1. The van der Waals surface area contributed by atoms with Gasteiger partial charge in [-0.25, -0.2) is 10.2 Å². The van der Waals surface area contributed by atoms with Gasteiger partial charge in [0.25, 0.3) is 5.91 Å². The number of hydrogen-bond donors (Lipinski definition) is 2. The highest BCUT2D eigenvalue weighted by Gasteiger charge is 2.31. The number of fused-ring (bicyclic) bond motifs is 1. The van der Waals surface area contributed by atoms with E-state index in [0.717, 1.165) is 12.1 Å². The van der Waals surface area contributed by atoms with Crippen LogP contribution in [0.4, 0.5) is 13.2 Å². The fourth-order valence-electron chi connectivity index (χ4n) is 4.39. The van der Waals surface area contributed by atoms with Gasteiger partial charge in [0.15, 0.2) is 11.5 Å². The summed E-state index contributed by atoms with van der Waals surface area (Å²) in [6, 6.07) is 18.9. The molecule has 0 fully saturated rings. The first kappa shape index (κ1) is 31.1. The molecule has 13 heteroatoms. The van der Waals surface area contributed by atoms with E-state index >= 15 is 0 Å². The molecule has 0 aliphatic heterocycles. The minimum absolute atomic E-state index is 0.0263. The summed E-state index contributed by atoms with van der Waals surface area (Å²) in [5.74, 6) is -1.49. The number of hydrogen-bond acceptors (Lipinski definition) is 5. The number of carbonyl (C=O) groups excluding carboxylic acids is 2. The van der Waals surface area contributed by atoms with E-state index in [-0.39, 0.29) is 22.8 Å². The predicted octanol–water partition coefficient (Wildman–Crippen LogP) is 8.91. The molecule has 0 spiro atoms. The zero-order valence-electron chi connectivity index (χ0n) is 22.4. The first-order valence-corrected chi connectivity index (χ1v) is 14.2. The van der Waals surface area contributed by atoms with Crippen LogP contribution in [0.3, 0.4) is 0 Å². The van der Waals surface area contributed by atoms with E-state index in [1.807, 2.05) is 6.07 Å². The van der Waals surface area contributed by atoms with Crippen molar-refractivity contribution in [1.82, 2.24) is 10.4 Å². The van der Waals surface area contributed by atoms with E-state index in [0.29, 0.717) is 48.2 Å². The Labute approximate surface area is 266 Å². The highest BCUT2D eigenvalue weighted by molar-refractivity contribution is 9.10. The Morgan fingerprint density at radius 3 is 2.45 bits per heavy atom. The molecule has 2 N–H and O–H groups in total. The number of rotatable bonds is 7. The van der Waals surface area contributed by atoms with Crippen LogP contribution in [0.5, 0.6) is 11.5 Å². The molecule has 5 aromatic rings. The summed E-state index contributed by atoms with van der Waals surface area (Å²) >= 11 is 16.4. The van der Waals surface area contributed by atoms with Crippen LogP contribution in [0.15, 0.2) is 88.4 Å². The minimum atomic E-state index is -4.61. The number of hydrazone groups is 1. The molecule has 0 bridgehead atoms. The molecule has 1 amide bonds. The molecule has 0 unspecified atom stereocenters. The number of nitrogens with one attached hydrogen (secondary N) is 2. The molecule has 4 aromatic carbocycles. The monoisotopic (exact) mass is 703 g/mol. The summed E-state index contributed by atoms with van der Waals surface area (Å²) in [7, 11) is 1.33. The zero-order chi connectivity index (χ0) is 31.6. The van der Waals surface area contributed by atoms with Crippen LogP contribution in [0, 0.1) is 0 Å². The number of methoxy groups -OCH3 is 1. The van der Waals surface area contributed by atoms with E-state index in [1.165, 1.54) is 37.6 Å². The summed E-state index contributed by atoms with van der Waals surface area (Å²) in [6.45, 7) is 0. The van der Waals surface area contributed by atoms with E-state index < -0.39 is 23.6 Å². The normalized spacial score (nSPS) is 11.6. The standard InChI is InChI=1S/C31H19BrCl2F3N3O4/c1-43-25-11-16(9-10-24(25)44-30(42)17-5-4-6-18(12-17)31(35,36)37)15-38-40-29(41)28-26(20-7-2-3-8-22(20)33)21-13-19(32)14-23(34)27(21)39-28/h2-15,39H,1H3,(H,40,41). The van der Waals surface area contributed by atoms with Crippen molar-refractivity contribution in [3.63, 3.8) is 0 Å². The number of benzene rings is 4. The first-order chi connectivity index (χ1) is 21.0. The lowest BCUT2D eigenvalue weighted by Crippen LogP contribution is -2.19. The predicted molar refractivity (Wildman–Crippen MR) is 166 cm³/mol. The Balaban J connectivity index is 1.37. The Morgan fingerprint density at radius 1 is 0.955 bits per heavy atom. The number of carbonyl (C=O) groups is 2. The number of ether oxygens (including phenoxy) is 2. The van der Waals surface area contributed by atoms with Gasteiger partial charge in [0.1, 0.15) is 5.69 Å². The van der Waals surface area contributed by atoms with Gasteiger partial charge in [0.05, 0.1) is 35.0 Å². The molecule has 5 rings (SSSR count). The topological polar surface area (TPSA) is 92.8 Å². The Hall–Kier alpha value is -4.32. The van der Waals surface area contributed by atoms with Gasteiger partial charge in [-0.1, -0.05) is 63.4 Å². The minimum Gasteiger partial charge on any atom is -0.493 e. The van der Waals surface area contributed by atoms with Crippen molar-refractivity contribution in [2.24, 2.45) is 5.10 Å². The average Bonchev–Trinajstić information content (AvgIpc) is 3.37. The summed E-state index contributed by atoms with van der Waals surface area (Å²) in [6.07, 6.45) is -3.28. The number of halogens is 6. The van der Waals surface area contributed by atoms with Gasteiger partial charge in [-0.2, -0.15) is 18.3 Å². The third-order valence-electron chi connectivity index (χ3n) is 6.39. The van der Waals surface area contributed by atoms with Crippen LogP contribution >= 0.6 is 39.1 Å². The van der Waals surface area contributed by atoms with Crippen molar-refractivity contribution >= 4 is 68.1 Å². The Bertz CT molecular complexity index is 1940. The van der Waals surface area contributed by atoms with Crippen molar-refractivity contribution < 1.29 is 32.2 Å². The fourth-order valence-corrected chi connectivity index (χ4v) is 5.47. The summed E-state index contributed by atoms with van der Waals surface area (Å²) in [5, 5.41) is 5.54. The second-order valence-electron chi connectivity index (χ2n) is 9.24. The molecular weight excluding hydrogens is 686 g/mol. The van der Waals surface area contributed by atoms with Gasteiger partial charge in [0.2, 0.25) is 0 Å². The summed E-state index contributed by atoms with van der Waals surface area (Å²) < 4.78 is 50.4. The second kappa shape index (κ2) is 12.7. The van der Waals surface area contributed by atoms with Gasteiger partial charge in [-0.05, 0) is 60.2 Å². The van der Waals surface area contributed by atoms with E-state index in [9.17, 15) is 22.8 Å². The first-order valence-electron chi connectivity index (χ1n) is 12.6. The quantitative estimate of drug-likeness (QED) is 0.0766. The van der Waals surface area contributed by atoms with Crippen LogP contribution < -0.4 is 14.9 Å². The van der Waals surface area contributed by atoms with Crippen molar-refractivity contribution in [1.29, 1.82) is 0 Å². The maximum absolute atomic E-state index is 13.3. The average molecular weight is 705 g/mol. The van der Waals surface area contributed by atoms with Crippen LogP contribution in [0.25, 0.3) is 22.0 Å². The second-order valence-corrected chi connectivity index (χ2v) is 11.0. The fraction of sp³-hybridized carbons (Fsp3) is 0.0645. The SMILES string of the molecule is COc1cc(C=NNC(=O)c2[nH]c3c(Cl)cc(Br)cc3c2-c2ccccc2Cl)ccc1OC(=O)c1cccc(C(F)(F)F)c1. The molecule has 7 nitrogen and oxygen atoms in total. The largest absolute Gasteiger partial charge is 0.493 e. The van der Waals surface area contributed by atoms with E-state index in [4.69, 9.17) is 32.7 Å². The number of aromatic amines is 1. The molecule has 0 radical (unpaired) electrons. The van der Waals surface area contributed by atoms with Gasteiger partial charge in [-0.15, -0.1) is 0 Å². The van der Waals surface area contributed by atoms with Crippen LogP contribution in [-0.2, 0) is 6.18 Å². The molecule has 0 aliphatic carbocycles. The number of nitrogens with zero attached hydrogens (tertiary/aromatic N) is 1. The third-order valence-corrected chi connectivity index (χ3v) is 7.48. The third kappa shape index (κ3) is 6.59. The lowest BCUT2D eigenvalue weighted by atomic mass is 10.0. The van der Waals surface area contributed by atoms with Gasteiger partial charge in [0, 0.05) is 26.0 Å². The Kier molecular flexibility index (Phi) is 9.00.